The summed E-state index contributed by atoms with van der Waals surface area (Å²) in [6, 6.07) is 60.1. The molecule has 0 fully saturated rings. The Kier molecular flexibility index (Phi) is 13.0. The van der Waals surface area contributed by atoms with Gasteiger partial charge in [0.2, 0.25) is 0 Å². The van der Waals surface area contributed by atoms with Crippen LogP contribution in [0.25, 0.3) is 0 Å². The second-order valence-corrected chi connectivity index (χ2v) is 15.2. The van der Waals surface area contributed by atoms with Crippen LogP contribution in [0.4, 0.5) is 0 Å². The van der Waals surface area contributed by atoms with E-state index in [2.05, 4.69) is 12.1 Å². The second-order valence-electron chi connectivity index (χ2n) is 15.2. The third kappa shape index (κ3) is 11.2. The van der Waals surface area contributed by atoms with E-state index in [-0.39, 0.29) is 23.8 Å². The van der Waals surface area contributed by atoms with E-state index in [4.69, 9.17) is 18.9 Å². The Labute approximate surface area is 367 Å². The standard InChI is InChI=1S/C56H44O7/c1-38-3-13-45(14-4-38)56(59)46-19-33-53(34-20-46)63-50-27-11-42(12-28-50)36-41-9-25-49(26-10-41)62-52-31-17-44(18-32-52)55(58)37-54(57)43-15-29-51(30-16-43)61-48-23-7-40(8-24-48)35-39-5-21-47(60-2)22-6-39/h3-34H,35-37H2,1-2H3. The van der Waals surface area contributed by atoms with Crippen molar-refractivity contribution in [1.29, 1.82) is 0 Å². The number of Topliss-reactive ketones (excluding diaryl/α,β-unsaturated/α-hetero) is 2. The van der Waals surface area contributed by atoms with Crippen molar-refractivity contribution in [2.24, 2.45) is 0 Å². The smallest absolute Gasteiger partial charge is 0.193 e. The largest absolute Gasteiger partial charge is 0.497 e. The molecule has 0 radical (unpaired) electrons. The number of aryl methyl sites for hydroxylation is 1. The minimum atomic E-state index is -0.272. The highest BCUT2D eigenvalue weighted by molar-refractivity contribution is 6.13. The molecule has 0 spiro atoms. The topological polar surface area (TPSA) is 88.1 Å². The summed E-state index contributed by atoms with van der Waals surface area (Å²) in [7, 11) is 1.66. The highest BCUT2D eigenvalue weighted by Gasteiger charge is 2.15. The van der Waals surface area contributed by atoms with Crippen LogP contribution in [0.1, 0.15) is 70.9 Å². The molecule has 0 aliphatic carbocycles. The van der Waals surface area contributed by atoms with Crippen LogP contribution in [0, 0.1) is 6.92 Å². The quantitative estimate of drug-likeness (QED) is 0.0667. The Balaban J connectivity index is 0.771. The van der Waals surface area contributed by atoms with E-state index >= 15 is 0 Å². The van der Waals surface area contributed by atoms with Gasteiger partial charge in [-0.05, 0) is 163 Å². The molecular formula is C56H44O7. The number of ketones is 3. The van der Waals surface area contributed by atoms with Gasteiger partial charge >= 0.3 is 0 Å². The number of ether oxygens (including phenoxy) is 4. The number of carbonyl (C=O) groups is 3. The zero-order valence-electron chi connectivity index (χ0n) is 35.0. The molecule has 7 nitrogen and oxygen atoms in total. The molecule has 8 rings (SSSR count). The van der Waals surface area contributed by atoms with E-state index < -0.39 is 0 Å². The maximum Gasteiger partial charge on any atom is 0.193 e. The lowest BCUT2D eigenvalue weighted by Crippen LogP contribution is -2.08. The molecule has 0 saturated carbocycles. The molecule has 0 aromatic heterocycles. The number of hydrogen-bond donors (Lipinski definition) is 0. The van der Waals surface area contributed by atoms with E-state index in [9.17, 15) is 14.4 Å². The minimum Gasteiger partial charge on any atom is -0.497 e. The zero-order valence-corrected chi connectivity index (χ0v) is 35.0. The van der Waals surface area contributed by atoms with Crippen LogP contribution in [-0.2, 0) is 12.8 Å². The van der Waals surface area contributed by atoms with E-state index in [1.807, 2.05) is 116 Å². The van der Waals surface area contributed by atoms with Gasteiger partial charge in [-0.2, -0.15) is 0 Å². The number of hydrogen-bond acceptors (Lipinski definition) is 7. The van der Waals surface area contributed by atoms with Crippen molar-refractivity contribution in [3.63, 3.8) is 0 Å². The van der Waals surface area contributed by atoms with Gasteiger partial charge in [0.15, 0.2) is 17.3 Å². The average Bonchev–Trinajstić information content (AvgIpc) is 3.32. The van der Waals surface area contributed by atoms with Crippen LogP contribution in [0.15, 0.2) is 194 Å². The van der Waals surface area contributed by atoms with Crippen molar-refractivity contribution in [3.05, 3.63) is 244 Å². The first-order chi connectivity index (χ1) is 30.7. The number of carbonyl (C=O) groups excluding carboxylic acids is 3. The van der Waals surface area contributed by atoms with Gasteiger partial charge in [0.1, 0.15) is 40.2 Å². The minimum absolute atomic E-state index is 0.0222. The summed E-state index contributed by atoms with van der Waals surface area (Å²) in [5.41, 5.74) is 7.83. The van der Waals surface area contributed by atoms with Crippen LogP contribution in [-0.4, -0.2) is 24.5 Å². The lowest BCUT2D eigenvalue weighted by atomic mass is 10.0. The molecular weight excluding hydrogens is 785 g/mol. The van der Waals surface area contributed by atoms with Crippen LogP contribution < -0.4 is 18.9 Å². The fourth-order valence-electron chi connectivity index (χ4n) is 6.96. The summed E-state index contributed by atoms with van der Waals surface area (Å²) in [5, 5.41) is 0. The number of benzene rings is 8. The molecule has 0 unspecified atom stereocenters. The molecule has 310 valence electrons. The molecule has 63 heavy (non-hydrogen) atoms. The summed E-state index contributed by atoms with van der Waals surface area (Å²) in [6.45, 7) is 2.00. The lowest BCUT2D eigenvalue weighted by Gasteiger charge is -2.09. The summed E-state index contributed by atoms with van der Waals surface area (Å²) in [6.07, 6.45) is 1.27. The molecule has 0 heterocycles. The first-order valence-corrected chi connectivity index (χ1v) is 20.6. The number of methoxy groups -OCH3 is 1. The first-order valence-electron chi connectivity index (χ1n) is 20.6. The number of rotatable bonds is 17. The Morgan fingerprint density at radius 2 is 0.587 bits per heavy atom. The van der Waals surface area contributed by atoms with Crippen molar-refractivity contribution >= 4 is 17.3 Å². The Bertz CT molecular complexity index is 2790. The van der Waals surface area contributed by atoms with E-state index in [0.717, 1.165) is 40.8 Å². The Morgan fingerprint density at radius 1 is 0.333 bits per heavy atom. The van der Waals surface area contributed by atoms with Gasteiger partial charge in [0.05, 0.1) is 13.5 Å². The van der Waals surface area contributed by atoms with Gasteiger partial charge in [-0.25, -0.2) is 0 Å². The van der Waals surface area contributed by atoms with Gasteiger partial charge in [0.25, 0.3) is 0 Å². The van der Waals surface area contributed by atoms with Crippen LogP contribution in [0.3, 0.4) is 0 Å². The van der Waals surface area contributed by atoms with Gasteiger partial charge in [-0.1, -0.05) is 78.4 Å². The third-order valence-electron chi connectivity index (χ3n) is 10.6. The maximum absolute atomic E-state index is 13.0. The van der Waals surface area contributed by atoms with Crippen molar-refractivity contribution < 1.29 is 33.3 Å². The predicted octanol–water partition coefficient (Wildman–Crippen LogP) is 13.2. The van der Waals surface area contributed by atoms with Gasteiger partial charge < -0.3 is 18.9 Å². The highest BCUT2D eigenvalue weighted by Crippen LogP contribution is 2.28. The summed E-state index contributed by atoms with van der Waals surface area (Å²) in [4.78, 5) is 38.9. The Hall–Kier alpha value is -8.03. The molecule has 0 aliphatic rings. The fraction of sp³-hybridized carbons (Fsp3) is 0.0893. The first kappa shape index (κ1) is 41.7. The molecule has 0 bridgehead atoms. The Morgan fingerprint density at radius 3 is 0.889 bits per heavy atom. The van der Waals surface area contributed by atoms with Crippen molar-refractivity contribution in [2.45, 2.75) is 26.2 Å². The van der Waals surface area contributed by atoms with E-state index in [1.165, 1.54) is 5.56 Å². The van der Waals surface area contributed by atoms with E-state index in [1.54, 1.807) is 79.9 Å². The van der Waals surface area contributed by atoms with E-state index in [0.29, 0.717) is 56.8 Å². The molecule has 0 atom stereocenters. The summed E-state index contributed by atoms with van der Waals surface area (Å²) < 4.78 is 23.3. The molecule has 8 aromatic rings. The van der Waals surface area contributed by atoms with Gasteiger partial charge in [-0.15, -0.1) is 0 Å². The lowest BCUT2D eigenvalue weighted by molar-refractivity contribution is 0.0893. The molecule has 0 N–H and O–H groups in total. The summed E-state index contributed by atoms with van der Waals surface area (Å²) >= 11 is 0. The second kappa shape index (κ2) is 19.6. The normalized spacial score (nSPS) is 10.8. The van der Waals surface area contributed by atoms with Gasteiger partial charge in [-0.3, -0.25) is 14.4 Å². The van der Waals surface area contributed by atoms with Crippen LogP contribution in [0.5, 0.6) is 40.2 Å². The maximum atomic E-state index is 13.0. The van der Waals surface area contributed by atoms with Crippen LogP contribution in [0.2, 0.25) is 0 Å². The van der Waals surface area contributed by atoms with Crippen molar-refractivity contribution in [1.82, 2.24) is 0 Å². The zero-order chi connectivity index (χ0) is 43.5. The monoisotopic (exact) mass is 828 g/mol. The highest BCUT2D eigenvalue weighted by atomic mass is 16.5. The third-order valence-corrected chi connectivity index (χ3v) is 10.6. The van der Waals surface area contributed by atoms with Gasteiger partial charge in [0, 0.05) is 22.3 Å². The molecule has 0 aliphatic heterocycles. The van der Waals surface area contributed by atoms with Crippen molar-refractivity contribution in [2.75, 3.05) is 7.11 Å². The molecule has 7 heteroatoms. The van der Waals surface area contributed by atoms with Crippen molar-refractivity contribution in [3.8, 4) is 40.2 Å². The molecule has 0 amide bonds. The molecule has 0 saturated heterocycles. The van der Waals surface area contributed by atoms with Crippen LogP contribution >= 0.6 is 0 Å². The predicted molar refractivity (Wildman–Crippen MR) is 245 cm³/mol. The SMILES string of the molecule is COc1ccc(Cc2ccc(Oc3ccc(C(=O)CC(=O)c4ccc(Oc5ccc(Cc6ccc(Oc7ccc(C(=O)c8ccc(C)cc8)cc7)cc6)cc5)cc4)cc3)cc2)cc1. The molecule has 8 aromatic carbocycles. The average molecular weight is 829 g/mol. The fourth-order valence-corrected chi connectivity index (χ4v) is 6.96. The summed E-state index contributed by atoms with van der Waals surface area (Å²) in [5.74, 6) is 4.15.